The molecule has 0 spiro atoms. The summed E-state index contributed by atoms with van der Waals surface area (Å²) >= 11 is 0. The molecule has 0 saturated heterocycles. The van der Waals surface area contributed by atoms with Crippen molar-refractivity contribution < 1.29 is 26.1 Å². The zero-order valence-corrected chi connectivity index (χ0v) is 6.82. The van der Waals surface area contributed by atoms with Crippen molar-refractivity contribution in [1.82, 2.24) is 0 Å². The van der Waals surface area contributed by atoms with E-state index in [-0.39, 0.29) is 6.42 Å². The maximum absolute atomic E-state index is 11.8. The quantitative estimate of drug-likeness (QED) is 0.709. The number of alkyl halides is 3. The first-order valence-electron chi connectivity index (χ1n) is 3.02. The zero-order chi connectivity index (χ0) is 9.99. The van der Waals surface area contributed by atoms with E-state index < -0.39 is 28.0 Å². The van der Waals surface area contributed by atoms with Gasteiger partial charge >= 0.3 is 6.18 Å². The molecule has 1 atom stereocenters. The number of hydrogen-bond donors (Lipinski definition) is 1. The summed E-state index contributed by atoms with van der Waals surface area (Å²) in [5.41, 5.74) is 0. The Balaban J connectivity index is 4.70. The second-order valence-electron chi connectivity index (χ2n) is 2.19. The molecule has 1 unspecified atom stereocenters. The predicted molar refractivity (Wildman–Crippen MR) is 36.0 cm³/mol. The Bertz CT molecular complexity index is 231. The van der Waals surface area contributed by atoms with E-state index in [1.165, 1.54) is 0 Å². The Morgan fingerprint density at radius 1 is 1.42 bits per heavy atom. The van der Waals surface area contributed by atoms with E-state index in [2.05, 4.69) is 6.92 Å². The molecule has 0 saturated carbocycles. The Labute approximate surface area is 68.3 Å². The molecule has 0 aliphatic carbocycles. The Morgan fingerprint density at radius 2 is 1.83 bits per heavy atom. The summed E-state index contributed by atoms with van der Waals surface area (Å²) in [6.07, 6.45) is -5.85. The van der Waals surface area contributed by atoms with Gasteiger partial charge in [-0.2, -0.15) is 21.6 Å². The van der Waals surface area contributed by atoms with Gasteiger partial charge in [0.15, 0.2) is 5.25 Å². The van der Waals surface area contributed by atoms with Gasteiger partial charge in [0.1, 0.15) is 0 Å². The highest BCUT2D eigenvalue weighted by Gasteiger charge is 2.47. The van der Waals surface area contributed by atoms with Crippen LogP contribution in [-0.4, -0.2) is 24.4 Å². The van der Waals surface area contributed by atoms with Gasteiger partial charge in [-0.3, -0.25) is 4.55 Å². The van der Waals surface area contributed by atoms with Crippen molar-refractivity contribution in [3.8, 4) is 0 Å². The largest absolute Gasteiger partial charge is 0.407 e. The third kappa shape index (κ3) is 3.40. The van der Waals surface area contributed by atoms with Gasteiger partial charge in [0, 0.05) is 0 Å². The maximum Gasteiger partial charge on any atom is 0.407 e. The third-order valence-corrected chi connectivity index (χ3v) is 2.41. The van der Waals surface area contributed by atoms with Crippen LogP contribution in [0, 0.1) is 6.92 Å². The van der Waals surface area contributed by atoms with Crippen LogP contribution < -0.4 is 0 Å². The standard InChI is InChI=1S/C5H8F3O3S/c1-2-3-4(5(6,7)8)12(9,10)11/h4H,1-3H2,(H,9,10,11). The van der Waals surface area contributed by atoms with Crippen molar-refractivity contribution >= 4 is 10.1 Å². The molecule has 0 amide bonds. The van der Waals surface area contributed by atoms with E-state index in [0.717, 1.165) is 0 Å². The average molecular weight is 205 g/mol. The monoisotopic (exact) mass is 205 g/mol. The predicted octanol–water partition coefficient (Wildman–Crippen LogP) is 1.42. The SMILES string of the molecule is [CH2]CCC(C(F)(F)F)S(=O)(=O)O. The van der Waals surface area contributed by atoms with Gasteiger partial charge in [0.2, 0.25) is 0 Å². The Morgan fingerprint density at radius 3 is 1.92 bits per heavy atom. The maximum atomic E-state index is 11.8. The van der Waals surface area contributed by atoms with E-state index in [4.69, 9.17) is 4.55 Å². The lowest BCUT2D eigenvalue weighted by molar-refractivity contribution is -0.132. The van der Waals surface area contributed by atoms with Gasteiger partial charge in [-0.15, -0.1) is 0 Å². The fourth-order valence-electron chi connectivity index (χ4n) is 0.667. The smallest absolute Gasteiger partial charge is 0.285 e. The first-order chi connectivity index (χ1) is 5.19. The average Bonchev–Trinajstić information content (AvgIpc) is 1.77. The van der Waals surface area contributed by atoms with Crippen LogP contribution in [0.2, 0.25) is 0 Å². The molecular weight excluding hydrogens is 197 g/mol. The van der Waals surface area contributed by atoms with Gasteiger partial charge in [0.25, 0.3) is 10.1 Å². The minimum atomic E-state index is -5.05. The minimum absolute atomic E-state index is 0.204. The van der Waals surface area contributed by atoms with Crippen LogP contribution in [-0.2, 0) is 10.1 Å². The molecule has 0 aromatic rings. The van der Waals surface area contributed by atoms with Gasteiger partial charge in [-0.05, 0) is 6.42 Å². The number of rotatable bonds is 3. The van der Waals surface area contributed by atoms with E-state index in [9.17, 15) is 21.6 Å². The van der Waals surface area contributed by atoms with Crippen LogP contribution >= 0.6 is 0 Å². The van der Waals surface area contributed by atoms with E-state index >= 15 is 0 Å². The minimum Gasteiger partial charge on any atom is -0.285 e. The normalized spacial score (nSPS) is 16.1. The number of hydrogen-bond acceptors (Lipinski definition) is 2. The molecule has 0 aromatic heterocycles. The first kappa shape index (κ1) is 11.7. The lowest BCUT2D eigenvalue weighted by Crippen LogP contribution is -2.36. The summed E-state index contributed by atoms with van der Waals surface area (Å²) in [5, 5.41) is -2.71. The molecule has 3 nitrogen and oxygen atoms in total. The van der Waals surface area contributed by atoms with Crippen molar-refractivity contribution in [3.63, 3.8) is 0 Å². The molecule has 0 bridgehead atoms. The van der Waals surface area contributed by atoms with Crippen LogP contribution in [0.15, 0.2) is 0 Å². The third-order valence-electron chi connectivity index (χ3n) is 1.19. The molecule has 12 heavy (non-hydrogen) atoms. The summed E-state index contributed by atoms with van der Waals surface area (Å²) in [7, 11) is -5.05. The van der Waals surface area contributed by atoms with Gasteiger partial charge in [0.05, 0.1) is 0 Å². The van der Waals surface area contributed by atoms with Crippen LogP contribution in [0.25, 0.3) is 0 Å². The summed E-state index contributed by atoms with van der Waals surface area (Å²) in [4.78, 5) is 0. The highest BCUT2D eigenvalue weighted by molar-refractivity contribution is 7.86. The van der Waals surface area contributed by atoms with Crippen molar-refractivity contribution in [2.24, 2.45) is 0 Å². The molecule has 0 aliphatic heterocycles. The van der Waals surface area contributed by atoms with Crippen LogP contribution in [0.1, 0.15) is 12.8 Å². The van der Waals surface area contributed by atoms with E-state index in [1.807, 2.05) is 0 Å². The molecule has 0 aliphatic rings. The summed E-state index contributed by atoms with van der Waals surface area (Å²) < 4.78 is 64.0. The van der Waals surface area contributed by atoms with Crippen LogP contribution in [0.5, 0.6) is 0 Å². The lowest BCUT2D eigenvalue weighted by atomic mass is 10.2. The van der Waals surface area contributed by atoms with Crippen molar-refractivity contribution in [3.05, 3.63) is 6.92 Å². The molecular formula is C5H8F3O3S. The fraction of sp³-hybridized carbons (Fsp3) is 0.800. The molecule has 1 radical (unpaired) electrons. The number of halogens is 3. The molecule has 0 rings (SSSR count). The molecule has 0 fully saturated rings. The van der Waals surface area contributed by atoms with E-state index in [0.29, 0.717) is 0 Å². The van der Waals surface area contributed by atoms with E-state index in [1.54, 1.807) is 0 Å². The van der Waals surface area contributed by atoms with Gasteiger partial charge < -0.3 is 0 Å². The van der Waals surface area contributed by atoms with Crippen molar-refractivity contribution in [2.45, 2.75) is 24.3 Å². The Kier molecular flexibility index (Phi) is 3.52. The summed E-state index contributed by atoms with van der Waals surface area (Å²) in [6, 6.07) is 0. The van der Waals surface area contributed by atoms with Crippen LogP contribution in [0.3, 0.4) is 0 Å². The molecule has 1 N–H and O–H groups in total. The van der Waals surface area contributed by atoms with Crippen molar-refractivity contribution in [1.29, 1.82) is 0 Å². The topological polar surface area (TPSA) is 54.4 Å². The Hall–Kier alpha value is -0.300. The molecule has 7 heteroatoms. The van der Waals surface area contributed by atoms with Gasteiger partial charge in [-0.25, -0.2) is 0 Å². The molecule has 0 aromatic carbocycles. The highest BCUT2D eigenvalue weighted by Crippen LogP contribution is 2.28. The lowest BCUT2D eigenvalue weighted by Gasteiger charge is -2.15. The summed E-state index contributed by atoms with van der Waals surface area (Å²) in [5.74, 6) is 0. The van der Waals surface area contributed by atoms with Crippen molar-refractivity contribution in [2.75, 3.05) is 0 Å². The second-order valence-corrected chi connectivity index (χ2v) is 3.79. The zero-order valence-electron chi connectivity index (χ0n) is 6.00. The van der Waals surface area contributed by atoms with Crippen LogP contribution in [0.4, 0.5) is 13.2 Å². The highest BCUT2D eigenvalue weighted by atomic mass is 32.2. The molecule has 0 heterocycles. The fourth-order valence-corrected chi connectivity index (χ4v) is 1.47. The summed E-state index contributed by atoms with van der Waals surface area (Å²) in [6.45, 7) is 3.08. The second kappa shape index (κ2) is 3.61. The van der Waals surface area contributed by atoms with Gasteiger partial charge in [-0.1, -0.05) is 13.3 Å². The first-order valence-corrected chi connectivity index (χ1v) is 4.52. The molecule has 73 valence electrons.